The van der Waals surface area contributed by atoms with Gasteiger partial charge in [0.2, 0.25) is 0 Å². The number of ether oxygens (including phenoxy) is 1. The number of fused-ring (bicyclic) bond motifs is 7. The average molecular weight is 1920 g/mol. The zero-order valence-corrected chi connectivity index (χ0v) is 76.4. The summed E-state index contributed by atoms with van der Waals surface area (Å²) in [6.45, 7) is 2.00. The molecule has 9 nitrogen and oxygen atoms in total. The summed E-state index contributed by atoms with van der Waals surface area (Å²) in [5.74, 6) is 0.605. The first-order valence-corrected chi connectivity index (χ1v) is 47.5. The topological polar surface area (TPSA) is 112 Å². The van der Waals surface area contributed by atoms with E-state index in [-0.39, 0.29) is 0 Å². The van der Waals surface area contributed by atoms with E-state index in [0.717, 1.165) is 130 Å². The number of nitrogen functional groups attached to an aromatic ring is 2. The summed E-state index contributed by atoms with van der Waals surface area (Å²) in [5.41, 5.74) is 38.3. The molecule has 0 spiro atoms. The molecule has 1 radical (unpaired) electrons. The van der Waals surface area contributed by atoms with E-state index in [0.29, 0.717) is 13.4 Å². The van der Waals surface area contributed by atoms with Crippen molar-refractivity contribution in [1.82, 2.24) is 0 Å². The monoisotopic (exact) mass is 1920 g/mol. The van der Waals surface area contributed by atoms with Gasteiger partial charge in [-0.2, -0.15) is 0 Å². The van der Waals surface area contributed by atoms with Gasteiger partial charge in [0.15, 0.2) is 0 Å². The predicted molar refractivity (Wildman–Crippen MR) is 565 cm³/mol. The number of benzene rings is 21. The predicted octanol–water partition coefficient (Wildman–Crippen LogP) is 33.0. The summed E-state index contributed by atoms with van der Waals surface area (Å²) >= 11 is 9.34. The molecule has 0 saturated carbocycles. The summed E-state index contributed by atoms with van der Waals surface area (Å²) in [5, 5.41) is 26.8. The van der Waals surface area contributed by atoms with Gasteiger partial charge in [-0.1, -0.05) is 301 Å². The molecule has 0 amide bonds. The van der Waals surface area contributed by atoms with E-state index in [2.05, 4.69) is 449 Å². The van der Waals surface area contributed by atoms with Crippen LogP contribution in [0.1, 0.15) is 12.8 Å². The molecule has 0 aromatic heterocycles. The van der Waals surface area contributed by atoms with Crippen LogP contribution in [0.25, 0.3) is 120 Å². The summed E-state index contributed by atoms with van der Waals surface area (Å²) in [7, 11) is 0.703. The first-order chi connectivity index (χ1) is 64.7. The number of halogens is 2. The zero-order valence-electron chi connectivity index (χ0n) is 71.7. The molecule has 0 bridgehead atoms. The molecule has 2 aliphatic rings. The van der Waals surface area contributed by atoms with Crippen molar-refractivity contribution in [2.24, 2.45) is 0 Å². The summed E-state index contributed by atoms with van der Waals surface area (Å²) in [6, 6.07) is 164. The maximum atomic E-state index is 8.91. The van der Waals surface area contributed by atoms with Crippen molar-refractivity contribution in [2.75, 3.05) is 44.7 Å². The Bertz CT molecular complexity index is 7270. The molecule has 23 rings (SSSR count). The smallest absolute Gasteiger partial charge is 0.0470 e. The molecular formula is C118H91BBrCuIN6O3. The van der Waals surface area contributed by atoms with E-state index in [4.69, 9.17) is 25.9 Å². The first kappa shape index (κ1) is 87.2. The van der Waals surface area contributed by atoms with Crippen LogP contribution in [0.4, 0.5) is 73.9 Å². The van der Waals surface area contributed by atoms with Gasteiger partial charge in [-0.25, -0.2) is 0 Å². The Hall–Kier alpha value is -14.5. The number of nitrogens with zero attached hydrogens (tertiary/aromatic N) is 3. The van der Waals surface area contributed by atoms with Crippen LogP contribution >= 0.6 is 36.3 Å². The third-order valence-corrected chi connectivity index (χ3v) is 24.4. The number of hydrogen-bond acceptors (Lipinski definition) is 9. The second-order valence-electron chi connectivity index (χ2n) is 31.9. The van der Waals surface area contributed by atoms with E-state index in [1.165, 1.54) is 95.2 Å². The van der Waals surface area contributed by atoms with Gasteiger partial charge >= 0.3 is 40.8 Å². The van der Waals surface area contributed by atoms with Crippen molar-refractivity contribution in [3.8, 4) is 61.4 Å². The average Bonchev–Trinajstić information content (AvgIpc) is 0.834. The first-order valence-electron chi connectivity index (χ1n) is 43.7. The Morgan fingerprint density at radius 2 is 0.603 bits per heavy atom. The number of rotatable bonds is 15. The van der Waals surface area contributed by atoms with E-state index in [1.54, 1.807) is 20.3 Å². The fourth-order valence-electron chi connectivity index (χ4n) is 17.4. The molecule has 2 heterocycles. The Morgan fingerprint density at radius 1 is 0.275 bits per heavy atom. The minimum Gasteiger partial charge on any atom is -0.354 e. The SMILES string of the molecule is C1CCOC1.Nc1cccc2cccc(-c3ccc4ccc(-c5ccc(N(c6ccccc6)c6ccccc6)cc5)cc4c3)c12.Nc1cccc2cccc(Br)c12.O[B]Oc1ccc2ccc(-c3ccc(N(c4ccccc4)c4ccccc4)cc3)cc2c1.[Cu][I].c1ccc(N(c2ccccc2)c2ccc(-c3ccc4cc5c(cc4c3)-c3cccc4cccc(c34)N5)cc2)cc1. The van der Waals surface area contributed by atoms with Gasteiger partial charge < -0.3 is 45.9 Å². The third-order valence-electron chi connectivity index (χ3n) is 23.7. The van der Waals surface area contributed by atoms with Gasteiger partial charge in [-0.05, 0) is 293 Å². The largest absolute Gasteiger partial charge is 0.354 e. The van der Waals surface area contributed by atoms with E-state index in [1.807, 2.05) is 66.7 Å². The van der Waals surface area contributed by atoms with Gasteiger partial charge in [0, 0.05) is 113 Å². The van der Waals surface area contributed by atoms with E-state index in [9.17, 15) is 0 Å². The molecular weight excluding hydrogens is 1830 g/mol. The fourth-order valence-corrected chi connectivity index (χ4v) is 18.0. The van der Waals surface area contributed by atoms with Crippen molar-refractivity contribution in [3.05, 3.63) is 472 Å². The van der Waals surface area contributed by atoms with Gasteiger partial charge in [0.05, 0.1) is 0 Å². The zero-order chi connectivity index (χ0) is 89.2. The van der Waals surface area contributed by atoms with Gasteiger partial charge in [-0.3, -0.25) is 0 Å². The van der Waals surface area contributed by atoms with Crippen molar-refractivity contribution < 1.29 is 27.2 Å². The quantitative estimate of drug-likeness (QED) is 0.0453. The summed E-state index contributed by atoms with van der Waals surface area (Å²) in [4.78, 5) is 6.83. The molecule has 6 N–H and O–H groups in total. The standard InChI is InChI=1S/C38H26N2.C38H28N2.C28H21BNO2.C10H8BrN.C4H8O.Cu.HI/c1-3-11-31(12-4-1)40(32-13-5-2-6-14-32)33-21-19-26(20-22-33)28-17-18-29-25-37-35(24-30(29)23-28)34-15-7-9-27-10-8-16-36(39-37)38(27)34;39-37-16-8-10-29-9-7-15-36(38(29)37)31-20-18-28-17-19-30(25-32(28)26-31)27-21-23-35(24-22-27)40(33-11-3-1-4-12-33)34-13-5-2-6-14-34;31-29-32-28-18-15-22-11-12-23(19-24(22)20-28)21-13-16-27(17-14-21)30(25-7-3-1-4-8-25)26-9-5-2-6-10-26;11-8-5-1-3-7-4-2-6-9(12)10(7)8;1-2-4-5-3-1;;/h1-25,39H;1-26H,39H2;1-20,31H;1-6H,12H2;1-4H2;;1H/q;;;;;+1;/p-1. The minimum atomic E-state index is 0.605. The van der Waals surface area contributed by atoms with Gasteiger partial charge in [-0.15, -0.1) is 0 Å². The maximum Gasteiger partial charge on any atom is 0.0470 e. The van der Waals surface area contributed by atoms with Crippen LogP contribution in [-0.2, 0) is 17.5 Å². The van der Waals surface area contributed by atoms with Gasteiger partial charge in [0.1, 0.15) is 5.75 Å². The van der Waals surface area contributed by atoms with Crippen molar-refractivity contribution in [3.63, 3.8) is 0 Å². The van der Waals surface area contributed by atoms with Crippen LogP contribution in [0.3, 0.4) is 0 Å². The number of nitrogens with two attached hydrogens (primary N) is 2. The molecule has 0 atom stereocenters. The van der Waals surface area contributed by atoms with Crippen molar-refractivity contribution >= 4 is 183 Å². The molecule has 131 heavy (non-hydrogen) atoms. The van der Waals surface area contributed by atoms with Crippen LogP contribution in [0.15, 0.2) is 472 Å². The molecule has 1 saturated heterocycles. The second kappa shape index (κ2) is 41.7. The van der Waals surface area contributed by atoms with Crippen molar-refractivity contribution in [2.45, 2.75) is 12.8 Å². The normalized spacial score (nSPS) is 11.5. The van der Waals surface area contributed by atoms with E-state index >= 15 is 0 Å². The third kappa shape index (κ3) is 20.0. The molecule has 2 aliphatic heterocycles. The van der Waals surface area contributed by atoms with Gasteiger partial charge in [0.25, 0.3) is 0 Å². The number of hydrogen-bond donors (Lipinski definition) is 4. The van der Waals surface area contributed by atoms with Crippen LogP contribution in [-0.4, -0.2) is 25.9 Å². The number of nitrogens with one attached hydrogen (secondary N) is 1. The summed E-state index contributed by atoms with van der Waals surface area (Å²) < 4.78 is 11.1. The van der Waals surface area contributed by atoms with E-state index < -0.39 is 0 Å². The van der Waals surface area contributed by atoms with Crippen LogP contribution < -0.4 is 36.1 Å². The summed E-state index contributed by atoms with van der Waals surface area (Å²) in [6.07, 6.45) is 2.56. The maximum absolute atomic E-state index is 8.91. The molecule has 21 aromatic carbocycles. The Morgan fingerprint density at radius 3 is 1.02 bits per heavy atom. The molecule has 0 aliphatic carbocycles. The molecule has 639 valence electrons. The molecule has 13 heteroatoms. The fraction of sp³-hybridized carbons (Fsp3) is 0.0339. The minimum absolute atomic E-state index is 0.605. The Kier molecular flexibility index (Phi) is 27.8. The number of para-hydroxylation sites is 6. The number of anilines is 13. The molecule has 21 aromatic rings. The second-order valence-corrected chi connectivity index (χ2v) is 32.8. The van der Waals surface area contributed by atoms with Crippen LogP contribution in [0.5, 0.6) is 5.75 Å². The molecule has 1 fully saturated rings. The molecule has 0 unspecified atom stereocenters. The van der Waals surface area contributed by atoms with Crippen molar-refractivity contribution in [1.29, 1.82) is 0 Å². The Balaban J connectivity index is 0.000000120. The van der Waals surface area contributed by atoms with Crippen LogP contribution in [0.2, 0.25) is 0 Å². The van der Waals surface area contributed by atoms with Crippen LogP contribution in [0, 0.1) is 0 Å². The Labute approximate surface area is 793 Å².